The summed E-state index contributed by atoms with van der Waals surface area (Å²) in [6.45, 7) is 3.95. The highest BCUT2D eigenvalue weighted by molar-refractivity contribution is 8.00. The smallest absolute Gasteiger partial charge is 0.321 e. The zero-order chi connectivity index (χ0) is 17.7. The molecular weight excluding hydrogens is 328 g/mol. The van der Waals surface area contributed by atoms with Crippen molar-refractivity contribution >= 4 is 23.5 Å². The summed E-state index contributed by atoms with van der Waals surface area (Å²) >= 11 is 1.72. The normalized spacial score (nSPS) is 24.6. The second-order valence-corrected chi connectivity index (χ2v) is 7.31. The first kappa shape index (κ1) is 19.0. The van der Waals surface area contributed by atoms with Gasteiger partial charge < -0.3 is 20.4 Å². The molecule has 2 rings (SSSR count). The molecule has 5 N–H and O–H groups in total. The van der Waals surface area contributed by atoms with E-state index in [1.54, 1.807) is 18.8 Å². The molecule has 1 aromatic carbocycles. The fraction of sp³-hybridized carbons (Fsp3) is 0.562. The number of hydrogen-bond acceptors (Lipinski definition) is 6. The maximum atomic E-state index is 12.3. The molecule has 134 valence electrons. The summed E-state index contributed by atoms with van der Waals surface area (Å²) in [5.74, 6) is 0. The average molecular weight is 354 g/mol. The van der Waals surface area contributed by atoms with Gasteiger partial charge >= 0.3 is 6.03 Å². The molecule has 7 nitrogen and oxygen atoms in total. The lowest BCUT2D eigenvalue weighted by Gasteiger charge is -2.22. The van der Waals surface area contributed by atoms with Crippen LogP contribution < -0.4 is 16.2 Å². The highest BCUT2D eigenvalue weighted by Crippen LogP contribution is 2.34. The first-order valence-electron chi connectivity index (χ1n) is 8.00. The Labute approximate surface area is 146 Å². The van der Waals surface area contributed by atoms with Crippen LogP contribution in [-0.2, 0) is 0 Å². The van der Waals surface area contributed by atoms with Crippen molar-refractivity contribution < 1.29 is 15.0 Å². The highest BCUT2D eigenvalue weighted by Gasteiger charge is 2.31. The molecule has 2 amide bonds. The number of aliphatic hydroxyl groups is 2. The molecule has 0 radical (unpaired) electrons. The molecule has 24 heavy (non-hydrogen) atoms. The summed E-state index contributed by atoms with van der Waals surface area (Å²) in [5, 5.41) is 21.6. The van der Waals surface area contributed by atoms with E-state index in [1.807, 2.05) is 24.3 Å². The van der Waals surface area contributed by atoms with E-state index in [0.29, 0.717) is 17.3 Å². The number of thioether (sulfide) groups is 1. The van der Waals surface area contributed by atoms with Gasteiger partial charge in [-0.2, -0.15) is 0 Å². The monoisotopic (exact) mass is 354 g/mol. The Morgan fingerprint density at radius 1 is 1.33 bits per heavy atom. The molecule has 1 heterocycles. The third kappa shape index (κ3) is 4.84. The molecule has 3 unspecified atom stereocenters. The number of hydrazine groups is 1. The van der Waals surface area contributed by atoms with Gasteiger partial charge in [0.2, 0.25) is 0 Å². The Morgan fingerprint density at radius 3 is 2.58 bits per heavy atom. The Kier molecular flexibility index (Phi) is 6.88. The number of benzene rings is 1. The second-order valence-electron chi connectivity index (χ2n) is 6.09. The topological polar surface area (TPSA) is 96.9 Å². The van der Waals surface area contributed by atoms with Gasteiger partial charge in [0.25, 0.3) is 0 Å². The Bertz CT molecular complexity index is 550. The van der Waals surface area contributed by atoms with Crippen LogP contribution in [-0.4, -0.2) is 64.8 Å². The van der Waals surface area contributed by atoms with Gasteiger partial charge in [-0.3, -0.25) is 10.9 Å². The van der Waals surface area contributed by atoms with Crippen LogP contribution in [0.3, 0.4) is 0 Å². The molecule has 0 aromatic heterocycles. The molecule has 1 aliphatic rings. The minimum Gasteiger partial charge on any atom is -0.394 e. The molecule has 1 fully saturated rings. The maximum absolute atomic E-state index is 12.3. The predicted molar refractivity (Wildman–Crippen MR) is 96.0 cm³/mol. The van der Waals surface area contributed by atoms with Crippen LogP contribution in [0.25, 0.3) is 0 Å². The summed E-state index contributed by atoms with van der Waals surface area (Å²) in [6.07, 6.45) is -0.942. The van der Waals surface area contributed by atoms with Crippen LogP contribution >= 0.6 is 11.8 Å². The fourth-order valence-electron chi connectivity index (χ4n) is 2.55. The van der Waals surface area contributed by atoms with Crippen LogP contribution in [0.2, 0.25) is 0 Å². The number of nitrogens with one attached hydrogen (secondary N) is 3. The predicted octanol–water partition coefficient (Wildman–Crippen LogP) is 0.849. The lowest BCUT2D eigenvalue weighted by atomic mass is 10.2. The van der Waals surface area contributed by atoms with Crippen molar-refractivity contribution in [1.29, 1.82) is 0 Å². The minimum atomic E-state index is -0.942. The van der Waals surface area contributed by atoms with Crippen LogP contribution in [0.1, 0.15) is 13.8 Å². The van der Waals surface area contributed by atoms with Crippen molar-refractivity contribution in [3.8, 4) is 0 Å². The van der Waals surface area contributed by atoms with Crippen LogP contribution in [0, 0.1) is 0 Å². The first-order valence-corrected chi connectivity index (χ1v) is 8.88. The third-order valence-corrected chi connectivity index (χ3v) is 5.66. The van der Waals surface area contributed by atoms with Crippen molar-refractivity contribution in [1.82, 2.24) is 15.8 Å². The number of nitrogens with zero attached hydrogens (tertiary/aromatic N) is 1. The van der Waals surface area contributed by atoms with Crippen LogP contribution in [0.15, 0.2) is 29.2 Å². The van der Waals surface area contributed by atoms with Crippen molar-refractivity contribution in [3.05, 3.63) is 24.3 Å². The average Bonchev–Trinajstić information content (AvgIpc) is 2.88. The van der Waals surface area contributed by atoms with E-state index in [-0.39, 0.29) is 19.2 Å². The number of likely N-dealkylation sites (N-methyl/N-ethyl adjacent to an activating group) is 1. The molecular formula is C16H26N4O3S. The largest absolute Gasteiger partial charge is 0.394 e. The number of para-hydroxylation sites is 1. The molecule has 3 atom stereocenters. The van der Waals surface area contributed by atoms with Gasteiger partial charge in [0.15, 0.2) is 0 Å². The van der Waals surface area contributed by atoms with E-state index in [2.05, 4.69) is 30.0 Å². The number of carbonyl (C=O) groups excluding carboxylic acids is 1. The van der Waals surface area contributed by atoms with E-state index in [1.165, 1.54) is 4.90 Å². The van der Waals surface area contributed by atoms with Gasteiger partial charge in [0.05, 0.1) is 24.9 Å². The summed E-state index contributed by atoms with van der Waals surface area (Å²) in [5.41, 5.74) is 7.20. The molecule has 1 aliphatic heterocycles. The standard InChI is InChI=1S/C16H26N4O3S/c1-10-15(11(2)19-18-10)24-14-7-5-4-6-13(14)17-16(23)20(3)8-12(22)9-21/h4-7,10-12,15,18-19,21-22H,8-9H2,1-3H3,(H,17,23). The fourth-order valence-corrected chi connectivity index (χ4v) is 3.79. The summed E-state index contributed by atoms with van der Waals surface area (Å²) in [7, 11) is 1.58. The van der Waals surface area contributed by atoms with Crippen molar-refractivity contribution in [3.63, 3.8) is 0 Å². The number of hydrogen-bond donors (Lipinski definition) is 5. The zero-order valence-electron chi connectivity index (χ0n) is 14.2. The molecule has 1 saturated heterocycles. The van der Waals surface area contributed by atoms with E-state index >= 15 is 0 Å². The van der Waals surface area contributed by atoms with Crippen molar-refractivity contribution in [2.45, 2.75) is 42.2 Å². The number of aliphatic hydroxyl groups excluding tert-OH is 2. The number of anilines is 1. The van der Waals surface area contributed by atoms with Gasteiger partial charge in [-0.25, -0.2) is 4.79 Å². The number of amides is 2. The third-order valence-electron chi connectivity index (χ3n) is 3.96. The first-order chi connectivity index (χ1) is 11.4. The Hall–Kier alpha value is -1.32. The van der Waals surface area contributed by atoms with Gasteiger partial charge in [0.1, 0.15) is 0 Å². The molecule has 8 heteroatoms. The van der Waals surface area contributed by atoms with Crippen molar-refractivity contribution in [2.24, 2.45) is 0 Å². The summed E-state index contributed by atoms with van der Waals surface area (Å²) < 4.78 is 0. The second kappa shape index (κ2) is 8.68. The molecule has 1 aromatic rings. The van der Waals surface area contributed by atoms with E-state index in [0.717, 1.165) is 10.6 Å². The molecule has 0 aliphatic carbocycles. The summed E-state index contributed by atoms with van der Waals surface area (Å²) in [4.78, 5) is 14.6. The molecule has 0 saturated carbocycles. The number of carbonyl (C=O) groups is 1. The van der Waals surface area contributed by atoms with Gasteiger partial charge in [-0.15, -0.1) is 11.8 Å². The van der Waals surface area contributed by atoms with Gasteiger partial charge in [-0.05, 0) is 26.0 Å². The SMILES string of the molecule is CC1NNC(C)C1Sc1ccccc1NC(=O)N(C)CC(O)CO. The maximum Gasteiger partial charge on any atom is 0.321 e. The van der Waals surface area contributed by atoms with Crippen LogP contribution in [0.5, 0.6) is 0 Å². The van der Waals surface area contributed by atoms with Crippen LogP contribution in [0.4, 0.5) is 10.5 Å². The Morgan fingerprint density at radius 2 is 1.96 bits per heavy atom. The Balaban J connectivity index is 2.04. The minimum absolute atomic E-state index is 0.0716. The van der Waals surface area contributed by atoms with Crippen molar-refractivity contribution in [2.75, 3.05) is 25.5 Å². The molecule has 0 spiro atoms. The number of urea groups is 1. The van der Waals surface area contributed by atoms with E-state index in [9.17, 15) is 9.90 Å². The van der Waals surface area contributed by atoms with Gasteiger partial charge in [0, 0.05) is 29.3 Å². The van der Waals surface area contributed by atoms with Gasteiger partial charge in [-0.1, -0.05) is 12.1 Å². The zero-order valence-corrected chi connectivity index (χ0v) is 15.0. The lowest BCUT2D eigenvalue weighted by Crippen LogP contribution is -2.38. The van der Waals surface area contributed by atoms with E-state index in [4.69, 9.17) is 5.11 Å². The quantitative estimate of drug-likeness (QED) is 0.520. The highest BCUT2D eigenvalue weighted by atomic mass is 32.2. The lowest BCUT2D eigenvalue weighted by molar-refractivity contribution is 0.0750. The summed E-state index contributed by atoms with van der Waals surface area (Å²) in [6, 6.07) is 7.98. The molecule has 0 bridgehead atoms. The van der Waals surface area contributed by atoms with E-state index < -0.39 is 6.10 Å². The number of rotatable bonds is 6.